The zero-order valence-electron chi connectivity index (χ0n) is 16.3. The Morgan fingerprint density at radius 3 is 2.71 bits per heavy atom. The molecular weight excluding hydrogens is 430 g/mol. The van der Waals surface area contributed by atoms with Crippen molar-refractivity contribution in [1.82, 2.24) is 29.9 Å². The van der Waals surface area contributed by atoms with Gasteiger partial charge in [-0.25, -0.2) is 28.5 Å². The Kier molecular flexibility index (Phi) is 5.77. The van der Waals surface area contributed by atoms with E-state index in [4.69, 9.17) is 4.74 Å². The molecule has 0 aliphatic rings. The second kappa shape index (κ2) is 8.65. The van der Waals surface area contributed by atoms with Gasteiger partial charge in [-0.1, -0.05) is 11.3 Å². The summed E-state index contributed by atoms with van der Waals surface area (Å²) >= 11 is 1.43. The van der Waals surface area contributed by atoms with Crippen LogP contribution in [0.2, 0.25) is 0 Å². The molecule has 0 saturated heterocycles. The van der Waals surface area contributed by atoms with Crippen LogP contribution in [0.1, 0.15) is 22.6 Å². The third-order valence-corrected chi connectivity index (χ3v) is 5.05. The molecule has 2 amide bonds. The van der Waals surface area contributed by atoms with E-state index in [0.29, 0.717) is 16.8 Å². The summed E-state index contributed by atoms with van der Waals surface area (Å²) in [4.78, 5) is 27.0. The fourth-order valence-electron chi connectivity index (χ4n) is 2.91. The minimum Gasteiger partial charge on any atom is -0.380 e. The molecule has 4 aromatic heterocycles. The number of urea groups is 1. The molecule has 0 aliphatic carbocycles. The van der Waals surface area contributed by atoms with Gasteiger partial charge in [-0.15, -0.1) is 4.80 Å². The Balaban J connectivity index is 1.58. The molecule has 31 heavy (non-hydrogen) atoms. The van der Waals surface area contributed by atoms with Crippen molar-refractivity contribution < 1.29 is 18.3 Å². The van der Waals surface area contributed by atoms with Crippen LogP contribution in [0.5, 0.6) is 0 Å². The number of nitrogens with one attached hydrogen (secondary N) is 2. The lowest BCUT2D eigenvalue weighted by Crippen LogP contribution is -2.21. The molecule has 0 aromatic carbocycles. The number of amides is 2. The van der Waals surface area contributed by atoms with Gasteiger partial charge in [0, 0.05) is 12.7 Å². The van der Waals surface area contributed by atoms with Crippen LogP contribution in [-0.2, 0) is 11.3 Å². The van der Waals surface area contributed by atoms with Crippen molar-refractivity contribution in [1.29, 1.82) is 0 Å². The number of ether oxygens (including phenoxy) is 1. The van der Waals surface area contributed by atoms with E-state index in [1.807, 2.05) is 6.92 Å². The van der Waals surface area contributed by atoms with Crippen molar-refractivity contribution in [2.24, 2.45) is 0 Å². The number of halogens is 2. The third-order valence-electron chi connectivity index (χ3n) is 4.17. The number of rotatable bonds is 6. The van der Waals surface area contributed by atoms with Gasteiger partial charge >= 0.3 is 6.03 Å². The zero-order valence-corrected chi connectivity index (χ0v) is 17.2. The highest BCUT2D eigenvalue weighted by Gasteiger charge is 2.19. The Bertz CT molecular complexity index is 1230. The standard InChI is InChI=1S/C18H16F2N8O2S/c1-9-25-14-12(8-30-2)13(7-22-17(14)31-9)27-18(29)26-10-5-11(15(19)20)16(21-6-10)28-23-3-4-24-28/h3-7,15H,8H2,1-2H3,(H2,26,27,29). The molecule has 13 heteroatoms. The largest absolute Gasteiger partial charge is 0.380 e. The number of alkyl halides is 2. The highest BCUT2D eigenvalue weighted by Crippen LogP contribution is 2.29. The number of aryl methyl sites for hydroxylation is 1. The molecule has 0 radical (unpaired) electrons. The Labute approximate surface area is 178 Å². The van der Waals surface area contributed by atoms with Crippen LogP contribution in [0.15, 0.2) is 30.9 Å². The fourth-order valence-corrected chi connectivity index (χ4v) is 3.70. The highest BCUT2D eigenvalue weighted by molar-refractivity contribution is 7.18. The number of carbonyl (C=O) groups excluding carboxylic acids is 1. The molecule has 4 heterocycles. The maximum Gasteiger partial charge on any atom is 0.323 e. The van der Waals surface area contributed by atoms with Crippen LogP contribution in [0.4, 0.5) is 25.0 Å². The molecule has 0 aliphatic heterocycles. The Morgan fingerprint density at radius 2 is 2.00 bits per heavy atom. The van der Waals surface area contributed by atoms with Gasteiger partial charge in [-0.3, -0.25) is 0 Å². The molecule has 0 atom stereocenters. The van der Waals surface area contributed by atoms with Crippen LogP contribution in [0, 0.1) is 6.92 Å². The number of thiazole rings is 1. The number of nitrogens with zero attached hydrogens (tertiary/aromatic N) is 6. The second-order valence-electron chi connectivity index (χ2n) is 6.31. The minimum absolute atomic E-state index is 0.0792. The van der Waals surface area contributed by atoms with Crippen molar-refractivity contribution >= 4 is 39.1 Å². The van der Waals surface area contributed by atoms with Crippen molar-refractivity contribution in [2.75, 3.05) is 17.7 Å². The normalized spacial score (nSPS) is 11.3. The monoisotopic (exact) mass is 446 g/mol. The van der Waals surface area contributed by atoms with Crippen molar-refractivity contribution in [2.45, 2.75) is 20.0 Å². The summed E-state index contributed by atoms with van der Waals surface area (Å²) in [5.41, 5.74) is 1.36. The second-order valence-corrected chi connectivity index (χ2v) is 7.49. The van der Waals surface area contributed by atoms with Gasteiger partial charge in [0.25, 0.3) is 6.43 Å². The van der Waals surface area contributed by atoms with E-state index in [-0.39, 0.29) is 18.1 Å². The number of methoxy groups -OCH3 is 1. The predicted octanol–water partition coefficient (Wildman–Crippen LogP) is 3.70. The van der Waals surface area contributed by atoms with Crippen molar-refractivity contribution in [3.8, 4) is 5.82 Å². The van der Waals surface area contributed by atoms with E-state index in [9.17, 15) is 13.6 Å². The molecule has 0 bridgehead atoms. The molecule has 0 fully saturated rings. The van der Waals surface area contributed by atoms with Gasteiger partial charge in [0.05, 0.1) is 53.3 Å². The first-order valence-electron chi connectivity index (χ1n) is 8.93. The Hall–Kier alpha value is -3.58. The fraction of sp³-hybridized carbons (Fsp3) is 0.222. The van der Waals surface area contributed by atoms with E-state index in [2.05, 4.69) is 35.8 Å². The molecule has 0 unspecified atom stereocenters. The molecule has 0 spiro atoms. The van der Waals surface area contributed by atoms with Crippen LogP contribution >= 0.6 is 11.3 Å². The van der Waals surface area contributed by atoms with Crippen molar-refractivity contribution in [3.05, 3.63) is 47.0 Å². The summed E-state index contributed by atoms with van der Waals surface area (Å²) in [6.07, 6.45) is 2.60. The quantitative estimate of drug-likeness (QED) is 0.463. The number of carbonyl (C=O) groups is 1. The topological polar surface area (TPSA) is 120 Å². The lowest BCUT2D eigenvalue weighted by Gasteiger charge is -2.13. The number of hydrogen-bond donors (Lipinski definition) is 2. The summed E-state index contributed by atoms with van der Waals surface area (Å²) in [5.74, 6) is -0.123. The highest BCUT2D eigenvalue weighted by atomic mass is 32.1. The van der Waals surface area contributed by atoms with Crippen LogP contribution in [-0.4, -0.2) is 43.1 Å². The first kappa shape index (κ1) is 20.7. The summed E-state index contributed by atoms with van der Waals surface area (Å²) < 4.78 is 32.2. The maximum atomic E-state index is 13.5. The molecule has 160 valence electrons. The average Bonchev–Trinajstić information content (AvgIpc) is 3.39. The van der Waals surface area contributed by atoms with E-state index in [1.54, 1.807) is 0 Å². The zero-order chi connectivity index (χ0) is 22.0. The maximum absolute atomic E-state index is 13.5. The predicted molar refractivity (Wildman–Crippen MR) is 110 cm³/mol. The van der Waals surface area contributed by atoms with Crippen LogP contribution in [0.25, 0.3) is 16.2 Å². The van der Waals surface area contributed by atoms with Crippen LogP contribution < -0.4 is 10.6 Å². The van der Waals surface area contributed by atoms with Gasteiger partial charge in [-0.2, -0.15) is 10.2 Å². The Morgan fingerprint density at radius 1 is 1.23 bits per heavy atom. The molecule has 2 N–H and O–H groups in total. The summed E-state index contributed by atoms with van der Waals surface area (Å²) in [6, 6.07) is 0.467. The lowest BCUT2D eigenvalue weighted by atomic mass is 10.2. The molecule has 10 nitrogen and oxygen atoms in total. The number of fused-ring (bicyclic) bond motifs is 1. The lowest BCUT2D eigenvalue weighted by molar-refractivity contribution is 0.150. The number of pyridine rings is 2. The van der Waals surface area contributed by atoms with Gasteiger partial charge < -0.3 is 15.4 Å². The van der Waals surface area contributed by atoms with Gasteiger partial charge in [-0.05, 0) is 13.0 Å². The smallest absolute Gasteiger partial charge is 0.323 e. The molecular formula is C18H16F2N8O2S. The van der Waals surface area contributed by atoms with Gasteiger partial charge in [0.15, 0.2) is 5.82 Å². The summed E-state index contributed by atoms with van der Waals surface area (Å²) in [7, 11) is 1.53. The van der Waals surface area contributed by atoms with Gasteiger partial charge in [0.2, 0.25) is 0 Å². The minimum atomic E-state index is -2.84. The molecule has 4 aromatic rings. The third kappa shape index (κ3) is 4.32. The van der Waals surface area contributed by atoms with E-state index >= 15 is 0 Å². The number of anilines is 2. The van der Waals surface area contributed by atoms with Gasteiger partial charge in [0.1, 0.15) is 10.3 Å². The molecule has 0 saturated carbocycles. The first-order valence-corrected chi connectivity index (χ1v) is 9.74. The first-order chi connectivity index (χ1) is 15.0. The number of hydrogen-bond acceptors (Lipinski definition) is 8. The summed E-state index contributed by atoms with van der Waals surface area (Å²) in [6.45, 7) is 2.07. The molecule has 4 rings (SSSR count). The number of aromatic nitrogens is 6. The SMILES string of the molecule is COCc1c(NC(=O)Nc2cnc(-n3nccn3)c(C(F)F)c2)cnc2sc(C)nc12. The van der Waals surface area contributed by atoms with E-state index < -0.39 is 18.0 Å². The van der Waals surface area contributed by atoms with Crippen LogP contribution in [0.3, 0.4) is 0 Å². The van der Waals surface area contributed by atoms with E-state index in [1.165, 1.54) is 43.2 Å². The van der Waals surface area contributed by atoms with Crippen molar-refractivity contribution in [3.63, 3.8) is 0 Å². The van der Waals surface area contributed by atoms with E-state index in [0.717, 1.165) is 20.7 Å². The average molecular weight is 446 g/mol. The summed E-state index contributed by atoms with van der Waals surface area (Å²) in [5, 5.41) is 13.6.